The summed E-state index contributed by atoms with van der Waals surface area (Å²) < 4.78 is 26.3. The van der Waals surface area contributed by atoms with Crippen molar-refractivity contribution in [2.75, 3.05) is 13.1 Å². The van der Waals surface area contributed by atoms with E-state index in [0.717, 1.165) is 0 Å². The normalized spacial score (nSPS) is 19.9. The van der Waals surface area contributed by atoms with Crippen molar-refractivity contribution in [2.45, 2.75) is 38.0 Å². The molecule has 1 aliphatic rings. The lowest BCUT2D eigenvalue weighted by atomic mass is 9.77. The van der Waals surface area contributed by atoms with Gasteiger partial charge in [0, 0.05) is 13.1 Å². The number of aromatic amines is 1. The predicted octanol–water partition coefficient (Wildman–Crippen LogP) is 0.984. The van der Waals surface area contributed by atoms with Crippen LogP contribution in [0.25, 0.3) is 0 Å². The van der Waals surface area contributed by atoms with E-state index in [1.807, 2.05) is 6.92 Å². The Morgan fingerprint density at radius 1 is 1.50 bits per heavy atom. The number of piperidine rings is 1. The van der Waals surface area contributed by atoms with Crippen LogP contribution in [0, 0.1) is 12.3 Å². The molecule has 20 heavy (non-hydrogen) atoms. The van der Waals surface area contributed by atoms with Crippen LogP contribution in [0.5, 0.6) is 0 Å². The molecule has 0 amide bonds. The highest BCUT2D eigenvalue weighted by Crippen LogP contribution is 2.36. The Kier molecular flexibility index (Phi) is 3.88. The number of carboxylic acid groups (broad SMARTS) is 1. The molecule has 0 radical (unpaired) electrons. The molecule has 0 aliphatic carbocycles. The number of carboxylic acids is 1. The molecule has 2 rings (SSSR count). The zero-order chi connectivity index (χ0) is 15.0. The summed E-state index contributed by atoms with van der Waals surface area (Å²) >= 11 is 0. The minimum absolute atomic E-state index is 0.164. The van der Waals surface area contributed by atoms with E-state index in [0.29, 0.717) is 25.0 Å². The van der Waals surface area contributed by atoms with E-state index in [2.05, 4.69) is 10.2 Å². The maximum Gasteiger partial charge on any atom is 0.309 e. The fraction of sp³-hybridized carbons (Fsp3) is 0.667. The Balaban J connectivity index is 2.19. The molecule has 112 valence electrons. The second kappa shape index (κ2) is 5.17. The SMILES string of the molecule is CCC1(C(=O)O)CCN(S(=O)(=O)c2cn[nH]c2C)CC1. The van der Waals surface area contributed by atoms with Gasteiger partial charge in [0.25, 0.3) is 0 Å². The van der Waals surface area contributed by atoms with Gasteiger partial charge < -0.3 is 5.11 Å². The lowest BCUT2D eigenvalue weighted by molar-refractivity contribution is -0.151. The standard InChI is InChI=1S/C12H19N3O4S/c1-3-12(11(16)17)4-6-15(7-5-12)20(18,19)10-8-13-14-9(10)2/h8H,3-7H2,1-2H3,(H,13,14)(H,16,17). The number of sulfonamides is 1. The largest absolute Gasteiger partial charge is 0.481 e. The van der Waals surface area contributed by atoms with Crippen LogP contribution in [0.4, 0.5) is 0 Å². The van der Waals surface area contributed by atoms with Gasteiger partial charge in [-0.25, -0.2) is 8.42 Å². The molecule has 1 saturated heterocycles. The summed E-state index contributed by atoms with van der Waals surface area (Å²) in [5, 5.41) is 15.7. The van der Waals surface area contributed by atoms with Crippen molar-refractivity contribution in [3.05, 3.63) is 11.9 Å². The van der Waals surface area contributed by atoms with E-state index >= 15 is 0 Å². The third-order valence-corrected chi connectivity index (χ3v) is 6.22. The van der Waals surface area contributed by atoms with Crippen molar-refractivity contribution in [1.82, 2.24) is 14.5 Å². The van der Waals surface area contributed by atoms with Gasteiger partial charge in [0.15, 0.2) is 0 Å². The molecule has 2 heterocycles. The first-order chi connectivity index (χ1) is 9.33. The maximum absolute atomic E-state index is 12.5. The van der Waals surface area contributed by atoms with Gasteiger partial charge in [-0.15, -0.1) is 0 Å². The van der Waals surface area contributed by atoms with Gasteiger partial charge in [-0.3, -0.25) is 9.89 Å². The number of aryl methyl sites for hydroxylation is 1. The molecule has 8 heteroatoms. The predicted molar refractivity (Wildman–Crippen MR) is 71.7 cm³/mol. The number of nitrogens with zero attached hydrogens (tertiary/aromatic N) is 2. The van der Waals surface area contributed by atoms with E-state index in [9.17, 15) is 18.3 Å². The van der Waals surface area contributed by atoms with Crippen molar-refractivity contribution in [3.63, 3.8) is 0 Å². The van der Waals surface area contributed by atoms with Crippen LogP contribution >= 0.6 is 0 Å². The molecule has 0 aromatic carbocycles. The van der Waals surface area contributed by atoms with Crippen molar-refractivity contribution in [1.29, 1.82) is 0 Å². The van der Waals surface area contributed by atoms with Gasteiger partial charge in [-0.2, -0.15) is 9.40 Å². The highest BCUT2D eigenvalue weighted by Gasteiger charge is 2.43. The second-order valence-corrected chi connectivity index (χ2v) is 7.11. The van der Waals surface area contributed by atoms with Crippen molar-refractivity contribution < 1.29 is 18.3 Å². The fourth-order valence-electron chi connectivity index (χ4n) is 2.61. The number of aromatic nitrogens is 2. The minimum atomic E-state index is -3.59. The first-order valence-corrected chi connectivity index (χ1v) is 8.01. The van der Waals surface area contributed by atoms with Gasteiger partial charge >= 0.3 is 5.97 Å². The van der Waals surface area contributed by atoms with Gasteiger partial charge in [0.05, 0.1) is 17.3 Å². The Morgan fingerprint density at radius 2 is 2.10 bits per heavy atom. The Labute approximate surface area is 118 Å². The third-order valence-electron chi connectivity index (χ3n) is 4.21. The number of H-pyrrole nitrogens is 1. The fourth-order valence-corrected chi connectivity index (χ4v) is 4.17. The molecule has 1 aromatic heterocycles. The van der Waals surface area contributed by atoms with E-state index in [1.54, 1.807) is 6.92 Å². The van der Waals surface area contributed by atoms with Crippen LogP contribution in [0.15, 0.2) is 11.1 Å². The summed E-state index contributed by atoms with van der Waals surface area (Å²) in [6.07, 6.45) is 2.49. The Bertz CT molecular complexity index is 600. The Hall–Kier alpha value is -1.41. The van der Waals surface area contributed by atoms with Crippen molar-refractivity contribution >= 4 is 16.0 Å². The van der Waals surface area contributed by atoms with Gasteiger partial charge in [-0.1, -0.05) is 6.92 Å². The van der Waals surface area contributed by atoms with Crippen LogP contribution in [0.2, 0.25) is 0 Å². The molecule has 1 aromatic rings. The summed E-state index contributed by atoms with van der Waals surface area (Å²) in [7, 11) is -3.59. The van der Waals surface area contributed by atoms with Crippen molar-refractivity contribution in [2.24, 2.45) is 5.41 Å². The first kappa shape index (κ1) is 15.0. The first-order valence-electron chi connectivity index (χ1n) is 6.57. The lowest BCUT2D eigenvalue weighted by Gasteiger charge is -2.37. The number of carbonyl (C=O) groups is 1. The molecule has 0 spiro atoms. The molecule has 1 fully saturated rings. The van der Waals surface area contributed by atoms with E-state index < -0.39 is 21.4 Å². The number of aliphatic carboxylic acids is 1. The number of hydrogen-bond donors (Lipinski definition) is 2. The maximum atomic E-state index is 12.5. The molecular formula is C12H19N3O4S. The average molecular weight is 301 g/mol. The quantitative estimate of drug-likeness (QED) is 0.863. The van der Waals surface area contributed by atoms with Crippen LogP contribution in [-0.2, 0) is 14.8 Å². The number of rotatable bonds is 4. The van der Waals surface area contributed by atoms with E-state index in [1.165, 1.54) is 10.5 Å². The van der Waals surface area contributed by atoms with Crippen LogP contribution in [0.3, 0.4) is 0 Å². The minimum Gasteiger partial charge on any atom is -0.481 e. The van der Waals surface area contributed by atoms with E-state index in [4.69, 9.17) is 0 Å². The lowest BCUT2D eigenvalue weighted by Crippen LogP contribution is -2.46. The Morgan fingerprint density at radius 3 is 2.50 bits per heavy atom. The molecule has 2 N–H and O–H groups in total. The number of hydrogen-bond acceptors (Lipinski definition) is 4. The highest BCUT2D eigenvalue weighted by atomic mass is 32.2. The van der Waals surface area contributed by atoms with Crippen LogP contribution in [0.1, 0.15) is 31.9 Å². The zero-order valence-electron chi connectivity index (χ0n) is 11.6. The molecule has 7 nitrogen and oxygen atoms in total. The third kappa shape index (κ3) is 2.33. The van der Waals surface area contributed by atoms with E-state index in [-0.39, 0.29) is 18.0 Å². The van der Waals surface area contributed by atoms with Crippen LogP contribution in [-0.4, -0.2) is 47.1 Å². The molecule has 0 unspecified atom stereocenters. The second-order valence-electron chi connectivity index (χ2n) is 5.20. The molecule has 0 bridgehead atoms. The summed E-state index contributed by atoms with van der Waals surface area (Å²) in [5.41, 5.74) is -0.298. The van der Waals surface area contributed by atoms with Gasteiger partial charge in [0.2, 0.25) is 10.0 Å². The summed E-state index contributed by atoms with van der Waals surface area (Å²) in [5.74, 6) is -0.837. The van der Waals surface area contributed by atoms with Gasteiger partial charge in [0.1, 0.15) is 4.90 Å². The molecule has 0 saturated carbocycles. The number of nitrogens with one attached hydrogen (secondary N) is 1. The summed E-state index contributed by atoms with van der Waals surface area (Å²) in [4.78, 5) is 11.5. The average Bonchev–Trinajstić information content (AvgIpc) is 2.85. The topological polar surface area (TPSA) is 103 Å². The summed E-state index contributed by atoms with van der Waals surface area (Å²) in [6.45, 7) is 3.94. The molecular weight excluding hydrogens is 282 g/mol. The van der Waals surface area contributed by atoms with Crippen molar-refractivity contribution in [3.8, 4) is 0 Å². The smallest absolute Gasteiger partial charge is 0.309 e. The molecule has 0 atom stereocenters. The zero-order valence-corrected chi connectivity index (χ0v) is 12.4. The van der Waals surface area contributed by atoms with Crippen LogP contribution < -0.4 is 0 Å². The van der Waals surface area contributed by atoms with Gasteiger partial charge in [-0.05, 0) is 26.2 Å². The monoisotopic (exact) mass is 301 g/mol. The summed E-state index contributed by atoms with van der Waals surface area (Å²) in [6, 6.07) is 0. The highest BCUT2D eigenvalue weighted by molar-refractivity contribution is 7.89. The molecule has 1 aliphatic heterocycles.